The maximum atomic E-state index is 13.8. The van der Waals surface area contributed by atoms with Gasteiger partial charge in [-0.25, -0.2) is 4.99 Å². The lowest BCUT2D eigenvalue weighted by atomic mass is 9.74. The highest BCUT2D eigenvalue weighted by molar-refractivity contribution is 6.01. The summed E-state index contributed by atoms with van der Waals surface area (Å²) in [5, 5.41) is 3.82. The highest BCUT2D eigenvalue weighted by atomic mass is 19.4. The lowest BCUT2D eigenvalue weighted by Crippen LogP contribution is -2.55. The van der Waals surface area contributed by atoms with Crippen LogP contribution in [0.1, 0.15) is 52.9 Å². The Morgan fingerprint density at radius 2 is 1.94 bits per heavy atom. The van der Waals surface area contributed by atoms with Crippen molar-refractivity contribution in [2.45, 2.75) is 71.1 Å². The Labute approximate surface area is 200 Å². The zero-order valence-electron chi connectivity index (χ0n) is 20.5. The number of piperazine rings is 1. The Morgan fingerprint density at radius 3 is 2.59 bits per heavy atom. The molecule has 3 fully saturated rings. The van der Waals surface area contributed by atoms with Crippen LogP contribution in [0.4, 0.5) is 13.2 Å². The van der Waals surface area contributed by atoms with Gasteiger partial charge in [0, 0.05) is 57.8 Å². The summed E-state index contributed by atoms with van der Waals surface area (Å²) >= 11 is 0. The molecule has 7 nitrogen and oxygen atoms in total. The maximum Gasteiger partial charge on any atom is 0.429 e. The van der Waals surface area contributed by atoms with Gasteiger partial charge < -0.3 is 19.9 Å². The van der Waals surface area contributed by atoms with Gasteiger partial charge >= 0.3 is 6.18 Å². The molecule has 2 saturated heterocycles. The van der Waals surface area contributed by atoms with Crippen molar-refractivity contribution in [2.75, 3.05) is 45.9 Å². The monoisotopic (exact) mass is 485 g/mol. The Bertz CT molecular complexity index is 807. The Hall–Kier alpha value is -1.68. The van der Waals surface area contributed by atoms with Crippen molar-refractivity contribution < 1.29 is 22.7 Å². The van der Waals surface area contributed by atoms with Gasteiger partial charge in [0.25, 0.3) is 0 Å². The first kappa shape index (κ1) is 25.4. The van der Waals surface area contributed by atoms with Gasteiger partial charge in [-0.15, -0.1) is 0 Å². The zero-order valence-corrected chi connectivity index (χ0v) is 20.5. The molecule has 3 unspecified atom stereocenters. The smallest absolute Gasteiger partial charge is 0.381 e. The van der Waals surface area contributed by atoms with Gasteiger partial charge in [-0.05, 0) is 37.5 Å². The first-order valence-corrected chi connectivity index (χ1v) is 12.7. The van der Waals surface area contributed by atoms with E-state index in [0.717, 1.165) is 38.9 Å². The van der Waals surface area contributed by atoms with E-state index in [-0.39, 0.29) is 30.8 Å². The van der Waals surface area contributed by atoms with Crippen LogP contribution in [0.2, 0.25) is 0 Å². The predicted octanol–water partition coefficient (Wildman–Crippen LogP) is 3.10. The fraction of sp³-hybridized carbons (Fsp3) is 0.875. The van der Waals surface area contributed by atoms with Crippen LogP contribution >= 0.6 is 0 Å². The number of carbonyl (C=O) groups excluding carboxylic acids is 1. The molecule has 192 valence electrons. The van der Waals surface area contributed by atoms with Gasteiger partial charge in [-0.3, -0.25) is 9.79 Å². The van der Waals surface area contributed by atoms with E-state index in [2.05, 4.69) is 36.1 Å². The Kier molecular flexibility index (Phi) is 7.57. The summed E-state index contributed by atoms with van der Waals surface area (Å²) in [5.41, 5.74) is -1.16. The summed E-state index contributed by atoms with van der Waals surface area (Å²) in [5.74, 6) is 1.03. The van der Waals surface area contributed by atoms with Crippen LogP contribution in [0.3, 0.4) is 0 Å². The number of amides is 1. The molecule has 0 spiro atoms. The Balaban J connectivity index is 1.36. The minimum absolute atomic E-state index is 0.101. The number of carbonyl (C=O) groups is 1. The number of rotatable bonds is 4. The molecule has 3 heterocycles. The molecule has 10 heteroatoms. The maximum absolute atomic E-state index is 13.8. The van der Waals surface area contributed by atoms with Gasteiger partial charge in [0.05, 0.1) is 12.0 Å². The Morgan fingerprint density at radius 1 is 1.21 bits per heavy atom. The van der Waals surface area contributed by atoms with Gasteiger partial charge in [0.15, 0.2) is 0 Å². The highest BCUT2D eigenvalue weighted by Crippen LogP contribution is 2.46. The number of nitrogens with one attached hydrogen (secondary N) is 1. The molecule has 4 rings (SSSR count). The van der Waals surface area contributed by atoms with Crippen molar-refractivity contribution in [1.82, 2.24) is 15.1 Å². The first-order valence-electron chi connectivity index (χ1n) is 12.7. The molecule has 0 radical (unpaired) electrons. The number of nitrogens with zero attached hydrogens (tertiary/aromatic N) is 4. The molecular formula is C24H38F3N5O2. The second kappa shape index (κ2) is 10.1. The molecule has 0 aromatic rings. The molecular weight excluding hydrogens is 447 g/mol. The van der Waals surface area contributed by atoms with Crippen molar-refractivity contribution in [3.63, 3.8) is 0 Å². The zero-order chi connectivity index (χ0) is 24.5. The second-order valence-corrected chi connectivity index (χ2v) is 10.6. The van der Waals surface area contributed by atoms with Crippen LogP contribution in [-0.2, 0) is 9.53 Å². The van der Waals surface area contributed by atoms with E-state index in [0.29, 0.717) is 44.2 Å². The summed E-state index contributed by atoms with van der Waals surface area (Å²) in [6, 6.07) is 0.753. The summed E-state index contributed by atoms with van der Waals surface area (Å²) in [6.07, 6.45) is -0.905. The molecule has 1 amide bonds. The molecule has 4 atom stereocenters. The summed E-state index contributed by atoms with van der Waals surface area (Å²) in [4.78, 5) is 25.5. The summed E-state index contributed by atoms with van der Waals surface area (Å²) < 4.78 is 44.8. The van der Waals surface area contributed by atoms with Crippen LogP contribution in [0, 0.1) is 17.3 Å². The largest absolute Gasteiger partial charge is 0.429 e. The molecule has 0 aromatic carbocycles. The van der Waals surface area contributed by atoms with E-state index >= 15 is 0 Å². The molecule has 4 aliphatic rings. The van der Waals surface area contributed by atoms with Crippen molar-refractivity contribution in [1.29, 1.82) is 0 Å². The number of halogens is 3. The van der Waals surface area contributed by atoms with Gasteiger partial charge in [-0.2, -0.15) is 13.2 Å². The number of hydrogen-bond donors (Lipinski definition) is 1. The van der Waals surface area contributed by atoms with Crippen LogP contribution in [-0.4, -0.2) is 91.6 Å². The third-order valence-electron chi connectivity index (χ3n) is 8.18. The van der Waals surface area contributed by atoms with Crippen LogP contribution < -0.4 is 5.32 Å². The molecule has 3 aliphatic heterocycles. The molecule has 34 heavy (non-hydrogen) atoms. The number of ether oxygens (including phenoxy) is 1. The predicted molar refractivity (Wildman–Crippen MR) is 125 cm³/mol. The van der Waals surface area contributed by atoms with Crippen molar-refractivity contribution in [3.8, 4) is 0 Å². The number of alkyl halides is 3. The van der Waals surface area contributed by atoms with Crippen LogP contribution in [0.5, 0.6) is 0 Å². The van der Waals surface area contributed by atoms with E-state index in [1.807, 2.05) is 4.90 Å². The standard InChI is InChI=1S/C24H38F3N5O2/c1-16(2)23(7-4-18(14-23)29-19-6-13-34-15-17(19)3)21(33)31-9-11-32(12-10-31)22-28-8-5-20(30-22)24(25,26)27/h16-19,29H,4-15H2,1-3H3/t17?,18?,19?,23-/m0/s1. The molecule has 0 aromatic heterocycles. The third kappa shape index (κ3) is 5.27. The van der Waals surface area contributed by atoms with E-state index in [4.69, 9.17) is 4.74 Å². The number of aliphatic imine (C=N–C) groups is 2. The summed E-state index contributed by atoms with van der Waals surface area (Å²) in [7, 11) is 0. The van der Waals surface area contributed by atoms with Crippen LogP contribution in [0.15, 0.2) is 9.98 Å². The minimum Gasteiger partial charge on any atom is -0.381 e. The normalized spacial score (nSPS) is 33.2. The first-order chi connectivity index (χ1) is 16.1. The molecule has 1 saturated carbocycles. The van der Waals surface area contributed by atoms with Crippen molar-refractivity contribution in [3.05, 3.63) is 0 Å². The van der Waals surface area contributed by atoms with Crippen LogP contribution in [0.25, 0.3) is 0 Å². The van der Waals surface area contributed by atoms with E-state index < -0.39 is 17.3 Å². The fourth-order valence-electron chi connectivity index (χ4n) is 5.89. The molecule has 1 aliphatic carbocycles. The average molecular weight is 486 g/mol. The lowest BCUT2D eigenvalue weighted by Gasteiger charge is -2.42. The quantitative estimate of drug-likeness (QED) is 0.665. The SMILES string of the molecule is CC1COCCC1NC1CC[C@@](C(=O)N2CCN(C3=NCCC(C(F)(F)F)=N3)CC2)(C(C)C)C1. The molecule has 1 N–H and O–H groups in total. The topological polar surface area (TPSA) is 69.5 Å². The number of guanidine groups is 1. The summed E-state index contributed by atoms with van der Waals surface area (Å²) in [6.45, 7) is 10.0. The van der Waals surface area contributed by atoms with E-state index in [1.54, 1.807) is 4.90 Å². The second-order valence-electron chi connectivity index (χ2n) is 10.6. The third-order valence-corrected chi connectivity index (χ3v) is 8.18. The van der Waals surface area contributed by atoms with Gasteiger partial charge in [0.2, 0.25) is 11.9 Å². The van der Waals surface area contributed by atoms with Gasteiger partial charge in [-0.1, -0.05) is 20.8 Å². The van der Waals surface area contributed by atoms with Crippen molar-refractivity contribution in [2.24, 2.45) is 27.2 Å². The highest BCUT2D eigenvalue weighted by Gasteiger charge is 2.50. The van der Waals surface area contributed by atoms with E-state index in [1.165, 1.54) is 0 Å². The number of hydrogen-bond acceptors (Lipinski definition) is 6. The minimum atomic E-state index is -4.42. The lowest BCUT2D eigenvalue weighted by molar-refractivity contribution is -0.146. The fourth-order valence-corrected chi connectivity index (χ4v) is 5.89. The van der Waals surface area contributed by atoms with Crippen molar-refractivity contribution >= 4 is 17.6 Å². The van der Waals surface area contributed by atoms with Gasteiger partial charge in [0.1, 0.15) is 5.71 Å². The average Bonchev–Trinajstić information content (AvgIpc) is 3.25. The van der Waals surface area contributed by atoms with E-state index in [9.17, 15) is 18.0 Å². The molecule has 0 bridgehead atoms.